The lowest BCUT2D eigenvalue weighted by Crippen LogP contribution is -2.32. The van der Waals surface area contributed by atoms with E-state index in [2.05, 4.69) is 21.2 Å². The van der Waals surface area contributed by atoms with E-state index in [-0.39, 0.29) is 12.5 Å². The normalized spacial score (nSPS) is 10.5. The number of benzene rings is 3. The fourth-order valence-corrected chi connectivity index (χ4v) is 2.96. The summed E-state index contributed by atoms with van der Waals surface area (Å²) < 4.78 is 10.6. The average Bonchev–Trinajstić information content (AvgIpc) is 2.85. The molecular formula is C25H23ClN4O5. The second kappa shape index (κ2) is 12.2. The molecule has 0 aliphatic carbocycles. The molecule has 0 saturated carbocycles. The highest BCUT2D eigenvalue weighted by molar-refractivity contribution is 6.39. The predicted octanol–water partition coefficient (Wildman–Crippen LogP) is 3.76. The van der Waals surface area contributed by atoms with Gasteiger partial charge in [0.05, 0.1) is 13.3 Å². The molecule has 3 N–H and O–H groups in total. The molecule has 35 heavy (non-hydrogen) atoms. The molecule has 180 valence electrons. The van der Waals surface area contributed by atoms with E-state index < -0.39 is 11.8 Å². The summed E-state index contributed by atoms with van der Waals surface area (Å²) in [6.45, 7) is 1.66. The van der Waals surface area contributed by atoms with Crippen LogP contribution >= 0.6 is 11.6 Å². The number of anilines is 2. The molecule has 0 heterocycles. The zero-order chi connectivity index (χ0) is 25.2. The smallest absolute Gasteiger partial charge is 0.329 e. The molecule has 0 radical (unpaired) electrons. The quantitative estimate of drug-likeness (QED) is 0.250. The van der Waals surface area contributed by atoms with Crippen molar-refractivity contribution in [3.05, 3.63) is 82.9 Å². The molecule has 9 nitrogen and oxygen atoms in total. The molecule has 0 aromatic heterocycles. The van der Waals surface area contributed by atoms with Crippen molar-refractivity contribution in [3.8, 4) is 11.5 Å². The molecule has 0 bridgehead atoms. The minimum Gasteiger partial charge on any atom is -0.497 e. The maximum absolute atomic E-state index is 12.1. The van der Waals surface area contributed by atoms with Crippen LogP contribution in [0.25, 0.3) is 0 Å². The predicted molar refractivity (Wildman–Crippen MR) is 134 cm³/mol. The van der Waals surface area contributed by atoms with Crippen LogP contribution in [-0.4, -0.2) is 37.7 Å². The summed E-state index contributed by atoms with van der Waals surface area (Å²) in [6, 6.07) is 18.5. The number of halogens is 1. The lowest BCUT2D eigenvalue weighted by atomic mass is 10.2. The Morgan fingerprint density at radius 3 is 2.37 bits per heavy atom. The molecule has 0 atom stereocenters. The number of hydrazone groups is 1. The topological polar surface area (TPSA) is 118 Å². The van der Waals surface area contributed by atoms with Crippen molar-refractivity contribution in [2.24, 2.45) is 5.10 Å². The molecule has 0 fully saturated rings. The van der Waals surface area contributed by atoms with Gasteiger partial charge in [-0.25, -0.2) is 5.43 Å². The molecule has 0 unspecified atom stereocenters. The Morgan fingerprint density at radius 2 is 1.66 bits per heavy atom. The van der Waals surface area contributed by atoms with Crippen molar-refractivity contribution >= 4 is 46.9 Å². The third-order valence-corrected chi connectivity index (χ3v) is 5.02. The van der Waals surface area contributed by atoms with Crippen LogP contribution in [0, 0.1) is 6.92 Å². The van der Waals surface area contributed by atoms with E-state index in [9.17, 15) is 14.4 Å². The van der Waals surface area contributed by atoms with Crippen LogP contribution < -0.4 is 25.5 Å². The van der Waals surface area contributed by atoms with Crippen molar-refractivity contribution in [1.29, 1.82) is 0 Å². The summed E-state index contributed by atoms with van der Waals surface area (Å²) >= 11 is 6.07. The monoisotopic (exact) mass is 494 g/mol. The van der Waals surface area contributed by atoms with Gasteiger partial charge in [0.1, 0.15) is 11.5 Å². The minimum atomic E-state index is -0.933. The Labute approximate surface area is 207 Å². The number of amides is 3. The van der Waals surface area contributed by atoms with Crippen LogP contribution in [0.5, 0.6) is 11.5 Å². The number of carbonyl (C=O) groups excluding carboxylic acids is 3. The van der Waals surface area contributed by atoms with E-state index in [0.717, 1.165) is 5.56 Å². The summed E-state index contributed by atoms with van der Waals surface area (Å²) in [6.07, 6.45) is 1.35. The third kappa shape index (κ3) is 7.86. The maximum Gasteiger partial charge on any atom is 0.329 e. The molecule has 10 heteroatoms. The molecule has 0 aliphatic heterocycles. The molecule has 0 spiro atoms. The van der Waals surface area contributed by atoms with Crippen LogP contribution in [0.15, 0.2) is 71.8 Å². The molecule has 3 aromatic rings. The minimum absolute atomic E-state index is 0.214. The third-order valence-electron chi connectivity index (χ3n) is 4.62. The molecular weight excluding hydrogens is 472 g/mol. The second-order valence-corrected chi connectivity index (χ2v) is 7.66. The summed E-state index contributed by atoms with van der Waals surface area (Å²) in [5.74, 6) is -1.10. The Balaban J connectivity index is 1.47. The van der Waals surface area contributed by atoms with Gasteiger partial charge in [0, 0.05) is 16.4 Å². The number of hydrogen-bond donors (Lipinski definition) is 3. The summed E-state index contributed by atoms with van der Waals surface area (Å²) in [5.41, 5.74) is 4.67. The van der Waals surface area contributed by atoms with Crippen molar-refractivity contribution in [2.45, 2.75) is 6.92 Å². The molecule has 0 aliphatic rings. The Hall–Kier alpha value is -4.37. The lowest BCUT2D eigenvalue weighted by molar-refractivity contribution is -0.136. The molecule has 3 rings (SSSR count). The highest BCUT2D eigenvalue weighted by Gasteiger charge is 2.13. The van der Waals surface area contributed by atoms with Gasteiger partial charge in [0.15, 0.2) is 6.61 Å². The Kier molecular flexibility index (Phi) is 8.80. The van der Waals surface area contributed by atoms with E-state index in [4.69, 9.17) is 21.1 Å². The zero-order valence-corrected chi connectivity index (χ0v) is 19.8. The van der Waals surface area contributed by atoms with Crippen molar-refractivity contribution in [1.82, 2.24) is 5.43 Å². The van der Waals surface area contributed by atoms with Crippen LogP contribution in [0.2, 0.25) is 5.02 Å². The SMILES string of the molecule is COc1ccc(NC(=O)C(=O)N/N=C\c2cccc(OCC(=O)Nc3ccc(C)c(Cl)c3)c2)cc1. The van der Waals surface area contributed by atoms with Gasteiger partial charge in [-0.1, -0.05) is 29.8 Å². The fourth-order valence-electron chi connectivity index (χ4n) is 2.78. The number of carbonyl (C=O) groups is 3. The lowest BCUT2D eigenvalue weighted by Gasteiger charge is -2.09. The standard InChI is InChI=1S/C25H23ClN4O5/c1-16-6-7-19(13-22(16)26)28-23(31)15-35-21-5-3-4-17(12-21)14-27-30-25(33)24(32)29-18-8-10-20(34-2)11-9-18/h3-14H,15H2,1-2H3,(H,28,31)(H,29,32)(H,30,33)/b27-14-. The van der Waals surface area contributed by atoms with E-state index in [1.807, 2.05) is 13.0 Å². The van der Waals surface area contributed by atoms with E-state index in [1.165, 1.54) is 13.3 Å². The molecule has 3 amide bonds. The summed E-state index contributed by atoms with van der Waals surface area (Å²) in [7, 11) is 1.53. The first-order valence-electron chi connectivity index (χ1n) is 10.4. The van der Waals surface area contributed by atoms with Crippen LogP contribution in [-0.2, 0) is 14.4 Å². The average molecular weight is 495 g/mol. The Bertz CT molecular complexity index is 1240. The van der Waals surface area contributed by atoms with Gasteiger partial charge in [0.2, 0.25) is 0 Å². The number of aryl methyl sites for hydroxylation is 1. The number of methoxy groups -OCH3 is 1. The summed E-state index contributed by atoms with van der Waals surface area (Å²) in [4.78, 5) is 36.1. The second-order valence-electron chi connectivity index (χ2n) is 7.26. The first kappa shape index (κ1) is 25.3. The maximum atomic E-state index is 12.1. The molecule has 3 aromatic carbocycles. The van der Waals surface area contributed by atoms with Crippen LogP contribution in [0.1, 0.15) is 11.1 Å². The number of rotatable bonds is 8. The largest absolute Gasteiger partial charge is 0.497 e. The number of nitrogens with one attached hydrogen (secondary N) is 3. The van der Waals surface area contributed by atoms with Gasteiger partial charge < -0.3 is 20.1 Å². The van der Waals surface area contributed by atoms with Gasteiger partial charge in [-0.3, -0.25) is 14.4 Å². The highest BCUT2D eigenvalue weighted by atomic mass is 35.5. The van der Waals surface area contributed by atoms with Gasteiger partial charge >= 0.3 is 11.8 Å². The fraction of sp³-hybridized carbons (Fsp3) is 0.120. The van der Waals surface area contributed by atoms with Gasteiger partial charge in [-0.15, -0.1) is 0 Å². The van der Waals surface area contributed by atoms with Gasteiger partial charge in [0.25, 0.3) is 5.91 Å². The van der Waals surface area contributed by atoms with Gasteiger partial charge in [-0.2, -0.15) is 5.10 Å². The highest BCUT2D eigenvalue weighted by Crippen LogP contribution is 2.20. The van der Waals surface area contributed by atoms with E-state index >= 15 is 0 Å². The van der Waals surface area contributed by atoms with E-state index in [0.29, 0.717) is 33.5 Å². The van der Waals surface area contributed by atoms with Crippen LogP contribution in [0.3, 0.4) is 0 Å². The number of nitrogens with zero attached hydrogens (tertiary/aromatic N) is 1. The van der Waals surface area contributed by atoms with Crippen molar-refractivity contribution in [2.75, 3.05) is 24.4 Å². The van der Waals surface area contributed by atoms with Crippen molar-refractivity contribution < 1.29 is 23.9 Å². The van der Waals surface area contributed by atoms with Gasteiger partial charge in [-0.05, 0) is 66.6 Å². The number of ether oxygens (including phenoxy) is 2. The zero-order valence-electron chi connectivity index (χ0n) is 19.0. The first-order valence-corrected chi connectivity index (χ1v) is 10.8. The van der Waals surface area contributed by atoms with Crippen LogP contribution in [0.4, 0.5) is 11.4 Å². The molecule has 0 saturated heterocycles. The number of hydrogen-bond acceptors (Lipinski definition) is 6. The van der Waals surface area contributed by atoms with E-state index in [1.54, 1.807) is 60.7 Å². The Morgan fingerprint density at radius 1 is 0.914 bits per heavy atom. The summed E-state index contributed by atoms with van der Waals surface area (Å²) in [5, 5.41) is 9.51. The first-order chi connectivity index (χ1) is 16.8. The van der Waals surface area contributed by atoms with Crippen molar-refractivity contribution in [3.63, 3.8) is 0 Å².